The van der Waals surface area contributed by atoms with E-state index in [0.717, 1.165) is 17.9 Å². The van der Waals surface area contributed by atoms with E-state index in [0.29, 0.717) is 22.4 Å². The molecule has 4 aromatic rings. The Bertz CT molecular complexity index is 1200. The molecule has 1 atom stereocenters. The van der Waals surface area contributed by atoms with Crippen LogP contribution >= 0.6 is 23.1 Å². The summed E-state index contributed by atoms with van der Waals surface area (Å²) in [6.07, 6.45) is -0.505. The molecule has 3 heterocycles. The van der Waals surface area contributed by atoms with Crippen molar-refractivity contribution in [3.05, 3.63) is 81.4 Å². The molecule has 0 aliphatic rings. The van der Waals surface area contributed by atoms with Crippen molar-refractivity contribution >= 4 is 28.9 Å². The molecule has 1 unspecified atom stereocenters. The molecule has 166 valence electrons. The van der Waals surface area contributed by atoms with Crippen LogP contribution in [-0.4, -0.2) is 26.3 Å². The van der Waals surface area contributed by atoms with Gasteiger partial charge in [-0.1, -0.05) is 17.8 Å². The minimum atomic E-state index is -0.505. The highest BCUT2D eigenvalue weighted by molar-refractivity contribution is 7.99. The van der Waals surface area contributed by atoms with Crippen molar-refractivity contribution in [1.82, 2.24) is 14.8 Å². The fourth-order valence-electron chi connectivity index (χ4n) is 3.30. The zero-order chi connectivity index (χ0) is 22.7. The molecule has 0 aliphatic heterocycles. The van der Waals surface area contributed by atoms with Gasteiger partial charge in [0.15, 0.2) is 11.9 Å². The maximum absolute atomic E-state index is 13.0. The quantitative estimate of drug-likeness (QED) is 0.225. The zero-order valence-electron chi connectivity index (χ0n) is 17.9. The number of thioether (sulfide) groups is 1. The molecule has 0 fully saturated rings. The molecule has 0 saturated heterocycles. The Hall–Kier alpha value is -2.91. The first-order chi connectivity index (χ1) is 15.4. The number of Topliss-reactive ketones (excluding diaryl/α,β-unsaturated/α-hetero) is 1. The van der Waals surface area contributed by atoms with Gasteiger partial charge < -0.3 is 13.7 Å². The molecule has 0 spiro atoms. The summed E-state index contributed by atoms with van der Waals surface area (Å²) in [4.78, 5) is 14.1. The van der Waals surface area contributed by atoms with Gasteiger partial charge in [0.1, 0.15) is 11.6 Å². The first-order valence-electron chi connectivity index (χ1n) is 10.0. The minimum Gasteiger partial charge on any atom is -0.481 e. The van der Waals surface area contributed by atoms with Crippen LogP contribution in [0.3, 0.4) is 0 Å². The highest BCUT2D eigenvalue weighted by Crippen LogP contribution is 2.26. The number of aryl methyl sites for hydroxylation is 1. The van der Waals surface area contributed by atoms with E-state index in [1.165, 1.54) is 40.9 Å². The highest BCUT2D eigenvalue weighted by Gasteiger charge is 2.20. The number of hydrogen-bond donors (Lipinski definition) is 0. The lowest BCUT2D eigenvalue weighted by Crippen LogP contribution is -2.07. The van der Waals surface area contributed by atoms with Crippen LogP contribution in [0.25, 0.3) is 0 Å². The monoisotopic (exact) mass is 471 g/mol. The third kappa shape index (κ3) is 5.11. The molecule has 3 aromatic heterocycles. The van der Waals surface area contributed by atoms with Crippen molar-refractivity contribution < 1.29 is 18.3 Å². The maximum Gasteiger partial charge on any atom is 0.277 e. The van der Waals surface area contributed by atoms with Gasteiger partial charge in [0.05, 0.1) is 12.3 Å². The normalized spacial score (nSPS) is 12.1. The van der Waals surface area contributed by atoms with E-state index in [4.69, 9.17) is 9.15 Å². The SMILES string of the molecule is Cc1cc(C(=O)CSc2nnc(C(C)Oc3ccc(F)cc3)o2)c(C)n1Cc1cccs1. The molecule has 1 aromatic carbocycles. The second kappa shape index (κ2) is 9.70. The summed E-state index contributed by atoms with van der Waals surface area (Å²) >= 11 is 2.90. The molecule has 32 heavy (non-hydrogen) atoms. The topological polar surface area (TPSA) is 70.2 Å². The number of rotatable bonds is 9. The lowest BCUT2D eigenvalue weighted by molar-refractivity contribution is 0.102. The highest BCUT2D eigenvalue weighted by atomic mass is 32.2. The van der Waals surface area contributed by atoms with Gasteiger partial charge in [0, 0.05) is 21.8 Å². The van der Waals surface area contributed by atoms with Crippen LogP contribution in [0.15, 0.2) is 57.5 Å². The van der Waals surface area contributed by atoms with Gasteiger partial charge in [-0.3, -0.25) is 4.79 Å². The molecule has 0 radical (unpaired) electrons. The number of nitrogens with zero attached hydrogens (tertiary/aromatic N) is 3. The number of aromatic nitrogens is 3. The third-order valence-corrected chi connectivity index (χ3v) is 6.67. The van der Waals surface area contributed by atoms with Crippen LogP contribution in [-0.2, 0) is 6.54 Å². The first kappa shape index (κ1) is 22.3. The molecule has 4 rings (SSSR count). The smallest absolute Gasteiger partial charge is 0.277 e. The van der Waals surface area contributed by atoms with Crippen molar-refractivity contribution in [3.8, 4) is 5.75 Å². The predicted molar refractivity (Wildman–Crippen MR) is 122 cm³/mol. The summed E-state index contributed by atoms with van der Waals surface area (Å²) in [6.45, 7) is 6.50. The van der Waals surface area contributed by atoms with E-state index >= 15 is 0 Å². The average Bonchev–Trinajstić information content (AvgIpc) is 3.52. The number of hydrogen-bond acceptors (Lipinski definition) is 7. The summed E-state index contributed by atoms with van der Waals surface area (Å²) in [5.41, 5.74) is 2.71. The van der Waals surface area contributed by atoms with Crippen LogP contribution in [0.1, 0.15) is 45.5 Å². The van der Waals surface area contributed by atoms with Crippen molar-refractivity contribution in [3.63, 3.8) is 0 Å². The van der Waals surface area contributed by atoms with Gasteiger partial charge in [0.2, 0.25) is 0 Å². The van der Waals surface area contributed by atoms with E-state index in [-0.39, 0.29) is 17.4 Å². The minimum absolute atomic E-state index is 0.0101. The molecule has 0 N–H and O–H groups in total. The number of carbonyl (C=O) groups is 1. The zero-order valence-corrected chi connectivity index (χ0v) is 19.5. The van der Waals surface area contributed by atoms with Crippen LogP contribution in [0.4, 0.5) is 4.39 Å². The molecule has 0 saturated carbocycles. The molecule has 9 heteroatoms. The Morgan fingerprint density at radius 1 is 1.25 bits per heavy atom. The van der Waals surface area contributed by atoms with Gasteiger partial charge in [-0.15, -0.1) is 21.5 Å². The van der Waals surface area contributed by atoms with Crippen molar-refractivity contribution in [1.29, 1.82) is 0 Å². The van der Waals surface area contributed by atoms with Crippen molar-refractivity contribution in [2.45, 2.75) is 38.6 Å². The maximum atomic E-state index is 13.0. The number of ether oxygens (including phenoxy) is 1. The fourth-order valence-corrected chi connectivity index (χ4v) is 4.65. The van der Waals surface area contributed by atoms with E-state index in [1.54, 1.807) is 18.3 Å². The van der Waals surface area contributed by atoms with E-state index in [2.05, 4.69) is 26.2 Å². The number of carbonyl (C=O) groups excluding carboxylic acids is 1. The fraction of sp³-hybridized carbons (Fsp3) is 0.261. The number of ketones is 1. The Labute approximate surface area is 193 Å². The van der Waals surface area contributed by atoms with Crippen LogP contribution in [0.5, 0.6) is 5.75 Å². The molecule has 0 bridgehead atoms. The predicted octanol–water partition coefficient (Wildman–Crippen LogP) is 5.85. The van der Waals surface area contributed by atoms with Gasteiger partial charge in [-0.2, -0.15) is 0 Å². The first-order valence-corrected chi connectivity index (χ1v) is 11.9. The molecular formula is C23H22FN3O3S2. The summed E-state index contributed by atoms with van der Waals surface area (Å²) in [7, 11) is 0. The second-order valence-corrected chi connectivity index (χ2v) is 9.24. The van der Waals surface area contributed by atoms with E-state index in [9.17, 15) is 9.18 Å². The van der Waals surface area contributed by atoms with Crippen LogP contribution < -0.4 is 4.74 Å². The van der Waals surface area contributed by atoms with Gasteiger partial charge in [-0.25, -0.2) is 4.39 Å². The number of benzene rings is 1. The average molecular weight is 472 g/mol. The molecule has 0 aliphatic carbocycles. The Morgan fingerprint density at radius 2 is 2.03 bits per heavy atom. The van der Waals surface area contributed by atoms with Gasteiger partial charge in [0.25, 0.3) is 11.1 Å². The lowest BCUT2D eigenvalue weighted by Gasteiger charge is -2.10. The van der Waals surface area contributed by atoms with E-state index < -0.39 is 6.10 Å². The second-order valence-electron chi connectivity index (χ2n) is 7.28. The van der Waals surface area contributed by atoms with E-state index in [1.807, 2.05) is 26.0 Å². The third-order valence-electron chi connectivity index (χ3n) is 4.99. The van der Waals surface area contributed by atoms with Crippen LogP contribution in [0.2, 0.25) is 0 Å². The summed E-state index contributed by atoms with van der Waals surface area (Å²) in [5.74, 6) is 0.658. The summed E-state index contributed by atoms with van der Waals surface area (Å²) in [5, 5.41) is 10.4. The number of thiophene rings is 1. The lowest BCUT2D eigenvalue weighted by atomic mass is 10.2. The summed E-state index contributed by atoms with van der Waals surface area (Å²) < 4.78 is 26.5. The van der Waals surface area contributed by atoms with Crippen molar-refractivity contribution in [2.24, 2.45) is 0 Å². The van der Waals surface area contributed by atoms with Gasteiger partial charge in [-0.05, 0) is 62.5 Å². The largest absolute Gasteiger partial charge is 0.481 e. The number of halogens is 1. The summed E-state index contributed by atoms with van der Waals surface area (Å²) in [6, 6.07) is 11.8. The Kier molecular flexibility index (Phi) is 6.76. The Morgan fingerprint density at radius 3 is 2.75 bits per heavy atom. The van der Waals surface area contributed by atoms with Gasteiger partial charge >= 0.3 is 0 Å². The standard InChI is InChI=1S/C23H22FN3O3S2/c1-14-11-20(15(2)27(14)12-19-5-4-10-31-19)21(28)13-32-23-26-25-22(30-23)16(3)29-18-8-6-17(24)7-9-18/h4-11,16H,12-13H2,1-3H3. The molecule has 0 amide bonds. The van der Waals surface area contributed by atoms with Crippen LogP contribution in [0, 0.1) is 19.7 Å². The molecular weight excluding hydrogens is 449 g/mol. The van der Waals surface area contributed by atoms with Crippen molar-refractivity contribution in [2.75, 3.05) is 5.75 Å². The Balaban J connectivity index is 1.36. The molecule has 6 nitrogen and oxygen atoms in total.